The lowest BCUT2D eigenvalue weighted by molar-refractivity contribution is 0.567. The van der Waals surface area contributed by atoms with E-state index in [1.54, 1.807) is 18.2 Å². The zero-order valence-corrected chi connectivity index (χ0v) is 10.5. The molecular formula is C15H11FN2O2. The largest absolute Gasteiger partial charge is 0.451 e. The summed E-state index contributed by atoms with van der Waals surface area (Å²) in [6.45, 7) is 0. The second kappa shape index (κ2) is 4.03. The Bertz CT molecular complexity index is 862. The van der Waals surface area contributed by atoms with Gasteiger partial charge in [0, 0.05) is 17.4 Å². The number of para-hydroxylation sites is 1. The minimum Gasteiger partial charge on any atom is -0.451 e. The summed E-state index contributed by atoms with van der Waals surface area (Å²) in [7, 11) is 0. The number of hydrogen-bond donors (Lipinski definition) is 1. The number of aromatic nitrogens is 2. The third kappa shape index (κ3) is 1.82. The van der Waals surface area contributed by atoms with Gasteiger partial charge >= 0.3 is 0 Å². The Balaban J connectivity index is 1.90. The molecule has 0 bridgehead atoms. The average molecular weight is 270 g/mol. The van der Waals surface area contributed by atoms with Crippen LogP contribution in [0.3, 0.4) is 0 Å². The predicted octanol–water partition coefficient (Wildman–Crippen LogP) is 3.20. The summed E-state index contributed by atoms with van der Waals surface area (Å²) in [5, 5.41) is 0.662. The van der Waals surface area contributed by atoms with Crippen molar-refractivity contribution in [2.45, 2.75) is 18.8 Å². The van der Waals surface area contributed by atoms with Crippen LogP contribution in [0.4, 0.5) is 4.39 Å². The van der Waals surface area contributed by atoms with E-state index in [-0.39, 0.29) is 11.1 Å². The van der Waals surface area contributed by atoms with Crippen molar-refractivity contribution in [3.63, 3.8) is 0 Å². The van der Waals surface area contributed by atoms with Crippen molar-refractivity contribution in [2.24, 2.45) is 0 Å². The van der Waals surface area contributed by atoms with Gasteiger partial charge in [0.15, 0.2) is 17.2 Å². The molecular weight excluding hydrogens is 259 g/mol. The van der Waals surface area contributed by atoms with Gasteiger partial charge in [-0.3, -0.25) is 4.79 Å². The van der Waals surface area contributed by atoms with Gasteiger partial charge in [-0.15, -0.1) is 0 Å². The summed E-state index contributed by atoms with van der Waals surface area (Å²) >= 11 is 0. The molecule has 3 aromatic rings. The molecule has 1 aromatic carbocycles. The van der Waals surface area contributed by atoms with Crippen LogP contribution in [0, 0.1) is 5.82 Å². The van der Waals surface area contributed by atoms with E-state index in [2.05, 4.69) is 9.97 Å². The lowest BCUT2D eigenvalue weighted by Gasteiger charge is -2.00. The molecule has 0 amide bonds. The quantitative estimate of drug-likeness (QED) is 0.778. The summed E-state index contributed by atoms with van der Waals surface area (Å²) < 4.78 is 19.1. The van der Waals surface area contributed by atoms with Crippen molar-refractivity contribution < 1.29 is 8.81 Å². The molecule has 0 aliphatic heterocycles. The molecule has 0 saturated heterocycles. The van der Waals surface area contributed by atoms with Gasteiger partial charge in [-0.2, -0.15) is 0 Å². The zero-order valence-electron chi connectivity index (χ0n) is 10.5. The molecule has 2 aromatic heterocycles. The second-order valence-corrected chi connectivity index (χ2v) is 5.06. The van der Waals surface area contributed by atoms with Crippen LogP contribution >= 0.6 is 0 Å². The van der Waals surface area contributed by atoms with Crippen LogP contribution in [0.25, 0.3) is 22.4 Å². The smallest absolute Gasteiger partial charge is 0.251 e. The van der Waals surface area contributed by atoms with E-state index in [1.807, 2.05) is 0 Å². The summed E-state index contributed by atoms with van der Waals surface area (Å²) in [5.74, 6) is 1.02. The van der Waals surface area contributed by atoms with Gasteiger partial charge in [-0.25, -0.2) is 9.37 Å². The molecule has 100 valence electrons. The van der Waals surface area contributed by atoms with Crippen LogP contribution in [0.5, 0.6) is 0 Å². The monoisotopic (exact) mass is 270 g/mol. The number of nitrogens with zero attached hydrogens (tertiary/aromatic N) is 1. The minimum atomic E-state index is -0.416. The highest BCUT2D eigenvalue weighted by Gasteiger charge is 2.26. The topological polar surface area (TPSA) is 58.9 Å². The van der Waals surface area contributed by atoms with Gasteiger partial charge in [0.05, 0.1) is 0 Å². The predicted molar refractivity (Wildman–Crippen MR) is 72.0 cm³/mol. The highest BCUT2D eigenvalue weighted by atomic mass is 19.1. The van der Waals surface area contributed by atoms with Crippen LogP contribution in [-0.4, -0.2) is 9.97 Å². The first-order valence-corrected chi connectivity index (χ1v) is 6.50. The normalized spacial score (nSPS) is 14.8. The molecule has 4 rings (SSSR count). The lowest BCUT2D eigenvalue weighted by Crippen LogP contribution is -2.10. The van der Waals surface area contributed by atoms with Crippen LogP contribution < -0.4 is 5.56 Å². The van der Waals surface area contributed by atoms with Crippen LogP contribution in [0.15, 0.2) is 39.5 Å². The fourth-order valence-electron chi connectivity index (χ4n) is 2.31. The van der Waals surface area contributed by atoms with Crippen molar-refractivity contribution in [1.82, 2.24) is 9.97 Å². The standard InChI is InChI=1S/C15H11FN2O2/c16-10-3-1-2-9-6-12(20-14(9)10)11-7-13(19)18-15(17-11)8-4-5-8/h1-3,6-8H,4-5H2,(H,17,18,19). The molecule has 0 spiro atoms. The first-order chi connectivity index (χ1) is 9.70. The maximum atomic E-state index is 13.6. The molecule has 0 radical (unpaired) electrons. The summed E-state index contributed by atoms with van der Waals surface area (Å²) in [5.41, 5.74) is 0.432. The number of benzene rings is 1. The Labute approximate surface area is 113 Å². The van der Waals surface area contributed by atoms with Crippen molar-refractivity contribution in [3.8, 4) is 11.5 Å². The number of hydrogen-bond acceptors (Lipinski definition) is 3. The number of H-pyrrole nitrogens is 1. The summed E-state index contributed by atoms with van der Waals surface area (Å²) in [4.78, 5) is 18.8. The molecule has 1 aliphatic carbocycles. The van der Waals surface area contributed by atoms with Gasteiger partial charge in [0.1, 0.15) is 11.5 Å². The fourth-order valence-corrected chi connectivity index (χ4v) is 2.31. The number of halogens is 1. The van der Waals surface area contributed by atoms with Crippen molar-refractivity contribution in [1.29, 1.82) is 0 Å². The van der Waals surface area contributed by atoms with E-state index in [9.17, 15) is 9.18 Å². The third-order valence-corrected chi connectivity index (χ3v) is 3.47. The molecule has 2 heterocycles. The zero-order chi connectivity index (χ0) is 13.7. The van der Waals surface area contributed by atoms with E-state index >= 15 is 0 Å². The Morgan fingerprint density at radius 1 is 1.30 bits per heavy atom. The van der Waals surface area contributed by atoms with E-state index in [4.69, 9.17) is 4.42 Å². The fraction of sp³-hybridized carbons (Fsp3) is 0.200. The maximum Gasteiger partial charge on any atom is 0.251 e. The highest BCUT2D eigenvalue weighted by molar-refractivity contribution is 5.82. The molecule has 5 heteroatoms. The molecule has 1 saturated carbocycles. The van der Waals surface area contributed by atoms with Crippen molar-refractivity contribution in [2.75, 3.05) is 0 Å². The second-order valence-electron chi connectivity index (χ2n) is 5.06. The average Bonchev–Trinajstić information content (AvgIpc) is 3.18. The van der Waals surface area contributed by atoms with Gasteiger partial charge in [0.2, 0.25) is 0 Å². The molecule has 4 nitrogen and oxygen atoms in total. The number of aromatic amines is 1. The Morgan fingerprint density at radius 3 is 2.90 bits per heavy atom. The Hall–Kier alpha value is -2.43. The minimum absolute atomic E-state index is 0.192. The molecule has 20 heavy (non-hydrogen) atoms. The SMILES string of the molecule is O=c1cc(-c2cc3cccc(F)c3o2)nc(C2CC2)[nH]1. The molecule has 0 atom stereocenters. The number of fused-ring (bicyclic) bond motifs is 1. The van der Waals surface area contributed by atoms with E-state index in [1.165, 1.54) is 12.1 Å². The summed E-state index contributed by atoms with van der Waals surface area (Å²) in [6.07, 6.45) is 2.09. The van der Waals surface area contributed by atoms with E-state index in [0.717, 1.165) is 12.8 Å². The van der Waals surface area contributed by atoms with Gasteiger partial charge in [-0.05, 0) is 25.0 Å². The highest BCUT2D eigenvalue weighted by Crippen LogP contribution is 2.38. The Kier molecular flexibility index (Phi) is 2.30. The Morgan fingerprint density at radius 2 is 2.15 bits per heavy atom. The number of rotatable bonds is 2. The van der Waals surface area contributed by atoms with Gasteiger partial charge in [-0.1, -0.05) is 12.1 Å². The molecule has 0 unspecified atom stereocenters. The van der Waals surface area contributed by atoms with E-state index < -0.39 is 5.82 Å². The number of furan rings is 1. The van der Waals surface area contributed by atoms with Crippen molar-refractivity contribution >= 4 is 11.0 Å². The lowest BCUT2D eigenvalue weighted by atomic mass is 10.2. The third-order valence-electron chi connectivity index (χ3n) is 3.47. The molecule has 1 N–H and O–H groups in total. The number of nitrogens with one attached hydrogen (secondary N) is 1. The molecule has 1 aliphatic rings. The van der Waals surface area contributed by atoms with Gasteiger partial charge < -0.3 is 9.40 Å². The van der Waals surface area contributed by atoms with Crippen LogP contribution in [0.2, 0.25) is 0 Å². The summed E-state index contributed by atoms with van der Waals surface area (Å²) in [6, 6.07) is 7.81. The molecule has 1 fully saturated rings. The first-order valence-electron chi connectivity index (χ1n) is 6.50. The first kappa shape index (κ1) is 11.4. The van der Waals surface area contributed by atoms with Gasteiger partial charge in [0.25, 0.3) is 5.56 Å². The van der Waals surface area contributed by atoms with E-state index in [0.29, 0.717) is 28.6 Å². The van der Waals surface area contributed by atoms with Crippen molar-refractivity contribution in [3.05, 3.63) is 52.3 Å². The van der Waals surface area contributed by atoms with Crippen LogP contribution in [0.1, 0.15) is 24.6 Å². The maximum absolute atomic E-state index is 13.6. The van der Waals surface area contributed by atoms with Crippen LogP contribution in [-0.2, 0) is 0 Å².